The Balaban J connectivity index is 2.11. The van der Waals surface area contributed by atoms with Crippen LogP contribution in [0.25, 0.3) is 0 Å². The Bertz CT molecular complexity index is 979. The van der Waals surface area contributed by atoms with E-state index >= 15 is 0 Å². The first kappa shape index (κ1) is 20.9. The highest BCUT2D eigenvalue weighted by atomic mass is 32.2. The van der Waals surface area contributed by atoms with Crippen molar-refractivity contribution in [2.24, 2.45) is 0 Å². The normalized spacial score (nSPS) is 10.7. The Kier molecular flexibility index (Phi) is 6.71. The van der Waals surface area contributed by atoms with Gasteiger partial charge in [-0.15, -0.1) is 0 Å². The topological polar surface area (TPSA) is 146 Å². The number of urea groups is 1. The molecule has 0 fully saturated rings. The summed E-state index contributed by atoms with van der Waals surface area (Å²) in [6.45, 7) is 0. The van der Waals surface area contributed by atoms with Crippen LogP contribution in [-0.4, -0.2) is 51.7 Å². The SMILES string of the molecule is COC(=O)c1ccccc1CS(=O)(=O)NC(=O)Nc1ncc(OC)c(OC)n1. The Morgan fingerprint density at radius 1 is 1.11 bits per heavy atom. The van der Waals surface area contributed by atoms with Crippen LogP contribution in [0.15, 0.2) is 30.5 Å². The van der Waals surface area contributed by atoms with Crippen LogP contribution in [-0.2, 0) is 20.5 Å². The van der Waals surface area contributed by atoms with Crippen LogP contribution in [0.1, 0.15) is 15.9 Å². The Morgan fingerprint density at radius 2 is 1.82 bits per heavy atom. The molecule has 0 aliphatic heterocycles. The highest BCUT2D eigenvalue weighted by Gasteiger charge is 2.21. The van der Waals surface area contributed by atoms with E-state index in [2.05, 4.69) is 20.0 Å². The number of anilines is 1. The van der Waals surface area contributed by atoms with Crippen molar-refractivity contribution in [3.63, 3.8) is 0 Å². The van der Waals surface area contributed by atoms with E-state index in [-0.39, 0.29) is 28.7 Å². The minimum Gasteiger partial charge on any atom is -0.490 e. The molecule has 0 spiro atoms. The van der Waals surface area contributed by atoms with E-state index < -0.39 is 27.8 Å². The lowest BCUT2D eigenvalue weighted by Gasteiger charge is -2.11. The molecule has 12 heteroatoms. The van der Waals surface area contributed by atoms with E-state index in [1.807, 2.05) is 4.72 Å². The van der Waals surface area contributed by atoms with Crippen molar-refractivity contribution in [3.05, 3.63) is 41.6 Å². The number of benzene rings is 1. The van der Waals surface area contributed by atoms with Gasteiger partial charge in [0.2, 0.25) is 16.0 Å². The first-order valence-electron chi connectivity index (χ1n) is 7.72. The van der Waals surface area contributed by atoms with Gasteiger partial charge < -0.3 is 14.2 Å². The summed E-state index contributed by atoms with van der Waals surface area (Å²) >= 11 is 0. The number of ether oxygens (including phenoxy) is 3. The summed E-state index contributed by atoms with van der Waals surface area (Å²) in [5, 5.41) is 2.18. The van der Waals surface area contributed by atoms with Gasteiger partial charge in [-0.05, 0) is 11.6 Å². The van der Waals surface area contributed by atoms with Crippen LogP contribution in [0.3, 0.4) is 0 Å². The molecule has 0 bridgehead atoms. The smallest absolute Gasteiger partial charge is 0.338 e. The minimum absolute atomic E-state index is 0.0580. The maximum absolute atomic E-state index is 12.3. The summed E-state index contributed by atoms with van der Waals surface area (Å²) < 4.78 is 40.9. The van der Waals surface area contributed by atoms with Gasteiger partial charge >= 0.3 is 12.0 Å². The molecule has 1 heterocycles. The highest BCUT2D eigenvalue weighted by molar-refractivity contribution is 7.89. The molecule has 2 amide bonds. The molecule has 2 N–H and O–H groups in total. The lowest BCUT2D eigenvalue weighted by atomic mass is 10.1. The van der Waals surface area contributed by atoms with Gasteiger partial charge in [-0.3, -0.25) is 5.32 Å². The molecule has 1 aromatic carbocycles. The van der Waals surface area contributed by atoms with Crippen LogP contribution in [0.5, 0.6) is 11.6 Å². The summed E-state index contributed by atoms with van der Waals surface area (Å²) in [6, 6.07) is 4.92. The fourth-order valence-electron chi connectivity index (χ4n) is 2.17. The second kappa shape index (κ2) is 8.99. The van der Waals surface area contributed by atoms with Crippen molar-refractivity contribution in [3.8, 4) is 11.6 Å². The molecule has 0 saturated heterocycles. The van der Waals surface area contributed by atoms with Crippen molar-refractivity contribution in [1.82, 2.24) is 14.7 Å². The average Bonchev–Trinajstić information content (AvgIpc) is 2.66. The van der Waals surface area contributed by atoms with Crippen molar-refractivity contribution >= 4 is 28.0 Å². The van der Waals surface area contributed by atoms with Gasteiger partial charge in [-0.1, -0.05) is 18.2 Å². The van der Waals surface area contributed by atoms with E-state index in [0.717, 1.165) is 0 Å². The number of aromatic nitrogens is 2. The molecule has 2 rings (SSSR count). The molecule has 11 nitrogen and oxygen atoms in total. The lowest BCUT2D eigenvalue weighted by molar-refractivity contribution is 0.0600. The summed E-state index contributed by atoms with van der Waals surface area (Å²) in [6.07, 6.45) is 1.25. The number of nitrogens with zero attached hydrogens (tertiary/aromatic N) is 2. The van der Waals surface area contributed by atoms with Crippen molar-refractivity contribution in [2.75, 3.05) is 26.6 Å². The third kappa shape index (κ3) is 5.30. The molecule has 2 aromatic rings. The first-order chi connectivity index (χ1) is 13.3. The van der Waals surface area contributed by atoms with Gasteiger partial charge in [-0.2, -0.15) is 4.98 Å². The Morgan fingerprint density at radius 3 is 2.46 bits per heavy atom. The van der Waals surface area contributed by atoms with Gasteiger partial charge in [0.15, 0.2) is 5.75 Å². The molecule has 0 unspecified atom stereocenters. The summed E-state index contributed by atoms with van der Waals surface area (Å²) in [5.41, 5.74) is 0.260. The number of hydrogen-bond acceptors (Lipinski definition) is 9. The zero-order chi connectivity index (χ0) is 20.7. The number of carbonyl (C=O) groups excluding carboxylic acids is 2. The van der Waals surface area contributed by atoms with Crippen LogP contribution in [0, 0.1) is 0 Å². The Hall–Kier alpha value is -3.41. The summed E-state index contributed by atoms with van der Waals surface area (Å²) in [5.74, 6) is -1.20. The predicted molar refractivity (Wildman–Crippen MR) is 97.7 cm³/mol. The number of rotatable bonds is 7. The zero-order valence-electron chi connectivity index (χ0n) is 15.3. The van der Waals surface area contributed by atoms with Crippen LogP contribution < -0.4 is 19.5 Å². The maximum atomic E-state index is 12.3. The number of esters is 1. The molecule has 0 aliphatic rings. The lowest BCUT2D eigenvalue weighted by Crippen LogP contribution is -2.36. The molecule has 0 saturated carbocycles. The summed E-state index contributed by atoms with van der Waals surface area (Å²) in [4.78, 5) is 31.4. The number of hydrogen-bond donors (Lipinski definition) is 2. The molecular formula is C16H18N4O7S. The molecule has 0 atom stereocenters. The minimum atomic E-state index is -4.13. The molecule has 150 valence electrons. The van der Waals surface area contributed by atoms with Gasteiger partial charge in [0.1, 0.15) is 0 Å². The van der Waals surface area contributed by atoms with Crippen LogP contribution >= 0.6 is 0 Å². The fraction of sp³-hybridized carbons (Fsp3) is 0.250. The molecule has 1 aromatic heterocycles. The van der Waals surface area contributed by atoms with Crippen LogP contribution in [0.2, 0.25) is 0 Å². The number of carbonyl (C=O) groups is 2. The summed E-state index contributed by atoms with van der Waals surface area (Å²) in [7, 11) is -0.211. The molecule has 28 heavy (non-hydrogen) atoms. The molecular weight excluding hydrogens is 392 g/mol. The van der Waals surface area contributed by atoms with Crippen molar-refractivity contribution in [1.29, 1.82) is 0 Å². The maximum Gasteiger partial charge on any atom is 0.338 e. The van der Waals surface area contributed by atoms with E-state index in [4.69, 9.17) is 9.47 Å². The third-order valence-corrected chi connectivity index (χ3v) is 4.56. The standard InChI is InChI=1S/C16H18N4O7S/c1-25-12-8-17-15(18-13(12)26-2)19-16(22)20-28(23,24)9-10-6-4-5-7-11(10)14(21)27-3/h4-8H,9H2,1-3H3,(H2,17,18,19,20,22). The first-order valence-corrected chi connectivity index (χ1v) is 9.37. The molecule has 0 radical (unpaired) electrons. The van der Waals surface area contributed by atoms with E-state index in [1.54, 1.807) is 12.1 Å². The van der Waals surface area contributed by atoms with Crippen LogP contribution in [0.4, 0.5) is 10.7 Å². The fourth-order valence-corrected chi connectivity index (χ4v) is 3.23. The van der Waals surface area contributed by atoms with E-state index in [1.165, 1.54) is 39.7 Å². The van der Waals surface area contributed by atoms with E-state index in [0.29, 0.717) is 0 Å². The average molecular weight is 410 g/mol. The van der Waals surface area contributed by atoms with Crippen molar-refractivity contribution in [2.45, 2.75) is 5.75 Å². The van der Waals surface area contributed by atoms with Gasteiger partial charge in [0.25, 0.3) is 5.88 Å². The molecule has 0 aliphatic carbocycles. The van der Waals surface area contributed by atoms with Gasteiger partial charge in [0.05, 0.1) is 38.8 Å². The Labute approximate surface area is 161 Å². The zero-order valence-corrected chi connectivity index (χ0v) is 16.1. The predicted octanol–water partition coefficient (Wildman–Crippen LogP) is 0.932. The number of sulfonamides is 1. The van der Waals surface area contributed by atoms with Gasteiger partial charge in [0, 0.05) is 0 Å². The van der Waals surface area contributed by atoms with E-state index in [9.17, 15) is 18.0 Å². The monoisotopic (exact) mass is 410 g/mol. The number of methoxy groups -OCH3 is 3. The third-order valence-electron chi connectivity index (χ3n) is 3.38. The van der Waals surface area contributed by atoms with Gasteiger partial charge in [-0.25, -0.2) is 27.7 Å². The largest absolute Gasteiger partial charge is 0.490 e. The second-order valence-electron chi connectivity index (χ2n) is 5.24. The number of amides is 2. The quantitative estimate of drug-likeness (QED) is 0.636. The van der Waals surface area contributed by atoms with Crippen molar-refractivity contribution < 1.29 is 32.2 Å². The number of nitrogens with one attached hydrogen (secondary N) is 2. The highest BCUT2D eigenvalue weighted by Crippen LogP contribution is 2.23. The second-order valence-corrected chi connectivity index (χ2v) is 6.96.